The van der Waals surface area contributed by atoms with Gasteiger partial charge in [-0.25, -0.2) is 4.39 Å². The third kappa shape index (κ3) is 2.63. The maximum atomic E-state index is 13.7. The zero-order valence-electron chi connectivity index (χ0n) is 11.5. The Morgan fingerprint density at radius 3 is 2.28 bits per heavy atom. The highest BCUT2D eigenvalue weighted by Crippen LogP contribution is 2.30. The van der Waals surface area contributed by atoms with Crippen LogP contribution in [-0.2, 0) is 12.8 Å². The number of hydrogen-bond donors (Lipinski definition) is 1. The standard InChI is InChI=1S/C14H15FO.C2H6/c1-3-9-7-11(16)8-10-5-6-13(15)12(4-2)14(9)10;1-2/h5-8,16H,3-4H2,1-2H3;1-2H3. The molecule has 0 fully saturated rings. The summed E-state index contributed by atoms with van der Waals surface area (Å²) in [6.45, 7) is 7.96. The summed E-state index contributed by atoms with van der Waals surface area (Å²) in [7, 11) is 0. The van der Waals surface area contributed by atoms with E-state index in [4.69, 9.17) is 0 Å². The molecule has 0 radical (unpaired) electrons. The van der Waals surface area contributed by atoms with E-state index in [1.165, 1.54) is 6.07 Å². The van der Waals surface area contributed by atoms with Gasteiger partial charge >= 0.3 is 0 Å². The minimum absolute atomic E-state index is 0.157. The molecule has 0 bridgehead atoms. The van der Waals surface area contributed by atoms with Gasteiger partial charge in [-0.05, 0) is 52.9 Å². The SMILES string of the molecule is CC.CCc1cc(O)cc2ccc(F)c(CC)c12. The highest BCUT2D eigenvalue weighted by atomic mass is 19.1. The van der Waals surface area contributed by atoms with E-state index < -0.39 is 0 Å². The topological polar surface area (TPSA) is 20.2 Å². The lowest BCUT2D eigenvalue weighted by Gasteiger charge is -2.11. The normalized spacial score (nSPS) is 10.1. The molecule has 2 heteroatoms. The van der Waals surface area contributed by atoms with Crippen molar-refractivity contribution < 1.29 is 9.50 Å². The van der Waals surface area contributed by atoms with Crippen LogP contribution in [0, 0.1) is 5.82 Å². The van der Waals surface area contributed by atoms with E-state index in [0.717, 1.165) is 28.3 Å². The van der Waals surface area contributed by atoms with E-state index >= 15 is 0 Å². The van der Waals surface area contributed by atoms with Gasteiger partial charge < -0.3 is 5.11 Å². The summed E-state index contributed by atoms with van der Waals surface area (Å²) in [4.78, 5) is 0. The van der Waals surface area contributed by atoms with Crippen molar-refractivity contribution in [1.29, 1.82) is 0 Å². The fraction of sp³-hybridized carbons (Fsp3) is 0.375. The van der Waals surface area contributed by atoms with Crippen LogP contribution in [0.4, 0.5) is 4.39 Å². The largest absolute Gasteiger partial charge is 0.508 e. The molecule has 0 aliphatic carbocycles. The first-order valence-electron chi connectivity index (χ1n) is 6.60. The van der Waals surface area contributed by atoms with Gasteiger partial charge in [-0.2, -0.15) is 0 Å². The van der Waals surface area contributed by atoms with E-state index in [-0.39, 0.29) is 11.6 Å². The van der Waals surface area contributed by atoms with Crippen LogP contribution in [0.3, 0.4) is 0 Å². The Labute approximate surface area is 108 Å². The Hall–Kier alpha value is -1.57. The number of aryl methyl sites for hydroxylation is 2. The molecule has 18 heavy (non-hydrogen) atoms. The second-order valence-electron chi connectivity index (χ2n) is 3.94. The molecule has 1 N–H and O–H groups in total. The first-order valence-corrected chi connectivity index (χ1v) is 6.60. The molecule has 2 aromatic rings. The van der Waals surface area contributed by atoms with Crippen LogP contribution >= 0.6 is 0 Å². The van der Waals surface area contributed by atoms with Crippen molar-refractivity contribution in [2.45, 2.75) is 40.5 Å². The van der Waals surface area contributed by atoms with Gasteiger partial charge in [0.2, 0.25) is 0 Å². The van der Waals surface area contributed by atoms with Crippen LogP contribution in [0.2, 0.25) is 0 Å². The highest BCUT2D eigenvalue weighted by molar-refractivity contribution is 5.90. The van der Waals surface area contributed by atoms with Gasteiger partial charge in [0.15, 0.2) is 0 Å². The van der Waals surface area contributed by atoms with Crippen LogP contribution < -0.4 is 0 Å². The van der Waals surface area contributed by atoms with Gasteiger partial charge in [0.25, 0.3) is 0 Å². The van der Waals surface area contributed by atoms with Gasteiger partial charge in [0.1, 0.15) is 11.6 Å². The highest BCUT2D eigenvalue weighted by Gasteiger charge is 2.10. The molecular weight excluding hydrogens is 227 g/mol. The molecule has 0 spiro atoms. The third-order valence-electron chi connectivity index (χ3n) is 2.97. The summed E-state index contributed by atoms with van der Waals surface area (Å²) in [5.41, 5.74) is 1.75. The summed E-state index contributed by atoms with van der Waals surface area (Å²) in [6, 6.07) is 6.61. The Balaban J connectivity index is 0.000000771. The summed E-state index contributed by atoms with van der Waals surface area (Å²) in [6.07, 6.45) is 1.46. The predicted octanol–water partition coefficient (Wildman–Crippen LogP) is 4.84. The average Bonchev–Trinajstić information content (AvgIpc) is 2.40. The molecule has 0 aliphatic heterocycles. The molecule has 0 aromatic heterocycles. The summed E-state index contributed by atoms with van der Waals surface area (Å²) < 4.78 is 13.7. The molecule has 1 nitrogen and oxygen atoms in total. The van der Waals surface area contributed by atoms with E-state index in [0.29, 0.717) is 6.42 Å². The van der Waals surface area contributed by atoms with Crippen LogP contribution in [0.25, 0.3) is 10.8 Å². The maximum absolute atomic E-state index is 13.7. The maximum Gasteiger partial charge on any atom is 0.127 e. The zero-order valence-corrected chi connectivity index (χ0v) is 11.5. The number of phenols is 1. The van der Waals surface area contributed by atoms with Crippen molar-refractivity contribution in [2.24, 2.45) is 0 Å². The fourth-order valence-corrected chi connectivity index (χ4v) is 2.22. The van der Waals surface area contributed by atoms with Crippen molar-refractivity contribution in [3.05, 3.63) is 41.2 Å². The first kappa shape index (κ1) is 14.5. The molecule has 0 unspecified atom stereocenters. The van der Waals surface area contributed by atoms with E-state index in [2.05, 4.69) is 0 Å². The van der Waals surface area contributed by atoms with Gasteiger partial charge in [-0.3, -0.25) is 0 Å². The van der Waals surface area contributed by atoms with Crippen molar-refractivity contribution in [1.82, 2.24) is 0 Å². The summed E-state index contributed by atoms with van der Waals surface area (Å²) in [5.74, 6) is 0.0911. The molecule has 0 aliphatic rings. The lowest BCUT2D eigenvalue weighted by atomic mass is 9.95. The van der Waals surface area contributed by atoms with Crippen molar-refractivity contribution in [3.63, 3.8) is 0 Å². The number of fused-ring (bicyclic) bond motifs is 1. The molecule has 0 heterocycles. The molecule has 0 saturated heterocycles. The lowest BCUT2D eigenvalue weighted by Crippen LogP contribution is -1.94. The van der Waals surface area contributed by atoms with E-state index in [9.17, 15) is 9.50 Å². The van der Waals surface area contributed by atoms with E-state index in [1.54, 1.807) is 18.2 Å². The van der Waals surface area contributed by atoms with E-state index in [1.807, 2.05) is 27.7 Å². The second kappa shape index (κ2) is 6.39. The van der Waals surface area contributed by atoms with Crippen LogP contribution in [0.15, 0.2) is 24.3 Å². The molecular formula is C16H21FO. The number of aromatic hydroxyl groups is 1. The van der Waals surface area contributed by atoms with Gasteiger partial charge in [-0.15, -0.1) is 0 Å². The number of hydrogen-bond acceptors (Lipinski definition) is 1. The molecule has 0 saturated carbocycles. The Bertz CT molecular complexity index is 532. The lowest BCUT2D eigenvalue weighted by molar-refractivity contribution is 0.475. The molecule has 0 atom stereocenters. The molecule has 2 aromatic carbocycles. The monoisotopic (exact) mass is 248 g/mol. The first-order chi connectivity index (χ1) is 8.67. The minimum atomic E-state index is -0.157. The smallest absolute Gasteiger partial charge is 0.127 e. The molecule has 98 valence electrons. The summed E-state index contributed by atoms with van der Waals surface area (Å²) >= 11 is 0. The minimum Gasteiger partial charge on any atom is -0.508 e. The second-order valence-corrected chi connectivity index (χ2v) is 3.94. The number of halogens is 1. The predicted molar refractivity (Wildman–Crippen MR) is 75.7 cm³/mol. The Kier molecular flexibility index (Phi) is 5.14. The van der Waals surface area contributed by atoms with Crippen molar-refractivity contribution >= 4 is 10.8 Å². The number of rotatable bonds is 2. The number of phenolic OH excluding ortho intramolecular Hbond substituents is 1. The van der Waals surface area contributed by atoms with Gasteiger partial charge in [0, 0.05) is 0 Å². The van der Waals surface area contributed by atoms with Gasteiger partial charge in [-0.1, -0.05) is 33.8 Å². The summed E-state index contributed by atoms with van der Waals surface area (Å²) in [5, 5.41) is 11.5. The quantitative estimate of drug-likeness (QED) is 0.806. The molecule has 2 rings (SSSR count). The fourth-order valence-electron chi connectivity index (χ4n) is 2.22. The average molecular weight is 248 g/mol. The number of benzene rings is 2. The zero-order chi connectivity index (χ0) is 13.7. The van der Waals surface area contributed by atoms with Gasteiger partial charge in [0.05, 0.1) is 0 Å². The Morgan fingerprint density at radius 2 is 1.72 bits per heavy atom. The van der Waals surface area contributed by atoms with Crippen molar-refractivity contribution in [3.8, 4) is 5.75 Å². The van der Waals surface area contributed by atoms with Crippen LogP contribution in [-0.4, -0.2) is 5.11 Å². The third-order valence-corrected chi connectivity index (χ3v) is 2.97. The van der Waals surface area contributed by atoms with Crippen LogP contribution in [0.5, 0.6) is 5.75 Å². The van der Waals surface area contributed by atoms with Crippen molar-refractivity contribution in [2.75, 3.05) is 0 Å². The van der Waals surface area contributed by atoms with Crippen LogP contribution in [0.1, 0.15) is 38.8 Å². The molecule has 0 amide bonds. The Morgan fingerprint density at radius 1 is 1.06 bits per heavy atom.